The molecule has 9 rings (SSSR count). The van der Waals surface area contributed by atoms with Crippen LogP contribution in [0.5, 0.6) is 0 Å². The first kappa shape index (κ1) is 39.3. The highest BCUT2D eigenvalue weighted by molar-refractivity contribution is 6.34. The van der Waals surface area contributed by atoms with E-state index in [9.17, 15) is 30.3 Å². The predicted molar refractivity (Wildman–Crippen MR) is 241 cm³/mol. The maximum atomic E-state index is 11.8. The van der Waals surface area contributed by atoms with Crippen LogP contribution in [0.4, 0.5) is 17.1 Å². The van der Waals surface area contributed by atoms with E-state index in [0.29, 0.717) is 88.8 Å². The van der Waals surface area contributed by atoms with Gasteiger partial charge in [-0.2, -0.15) is 0 Å². The molecule has 2 aliphatic heterocycles. The van der Waals surface area contributed by atoms with E-state index in [1.807, 2.05) is 54.6 Å². The molecule has 5 heterocycles. The Labute approximate surface area is 363 Å². The number of nitrogens with one attached hydrogen (secondary N) is 2. The lowest BCUT2D eigenvalue weighted by Gasteiger charge is -2.08. The third kappa shape index (κ3) is 7.19. The van der Waals surface area contributed by atoms with E-state index in [1.165, 1.54) is 36.4 Å². The highest BCUT2D eigenvalue weighted by Gasteiger charge is 2.23. The van der Waals surface area contributed by atoms with Crippen LogP contribution in [0.15, 0.2) is 103 Å². The number of halogens is 4. The first-order valence-electron chi connectivity index (χ1n) is 18.1. The third-order valence-corrected chi connectivity index (χ3v) is 11.3. The molecule has 17 heteroatoms. The molecule has 0 amide bonds. The topological polar surface area (TPSA) is 187 Å². The largest absolute Gasteiger partial charge is 0.354 e. The van der Waals surface area contributed by atoms with Gasteiger partial charge in [0.15, 0.2) is 0 Å². The summed E-state index contributed by atoms with van der Waals surface area (Å²) in [6.45, 7) is 0. The first-order valence-corrected chi connectivity index (χ1v) is 19.6. The number of nitro groups is 3. The van der Waals surface area contributed by atoms with Crippen LogP contribution in [0.1, 0.15) is 22.8 Å². The minimum atomic E-state index is -0.574. The van der Waals surface area contributed by atoms with Crippen LogP contribution in [-0.4, -0.2) is 34.7 Å². The van der Waals surface area contributed by atoms with Gasteiger partial charge in [0.2, 0.25) is 0 Å². The number of nitro benzene ring substituents is 3. The number of H-pyrrole nitrogens is 2. The molecule has 61 heavy (non-hydrogen) atoms. The molecule has 3 aromatic heterocycles. The van der Waals surface area contributed by atoms with E-state index in [0.717, 1.165) is 5.56 Å². The van der Waals surface area contributed by atoms with E-state index < -0.39 is 14.8 Å². The van der Waals surface area contributed by atoms with Crippen LogP contribution >= 0.6 is 46.4 Å². The summed E-state index contributed by atoms with van der Waals surface area (Å²) in [6, 6.07) is 27.9. The Bertz CT molecular complexity index is 3260. The van der Waals surface area contributed by atoms with Gasteiger partial charge in [0.1, 0.15) is 15.1 Å². The fraction of sp³-hybridized carbons (Fsp3) is 0. The highest BCUT2D eigenvalue weighted by Crippen LogP contribution is 2.42. The monoisotopic (exact) mass is 885 g/mol. The molecule has 0 spiro atoms. The average Bonchev–Trinajstić information content (AvgIpc) is 4.06. The van der Waals surface area contributed by atoms with Gasteiger partial charge in [0.05, 0.1) is 37.5 Å². The standard InChI is InChI=1S/C44H23Cl4N7O6/c45-26-3-1-2-22(18-26)41-30-7-9-32(49-30)42(23-4-15-38(53(56)57)27(46)19-23)34-11-13-36(51-34)44(25-6-17-40(55(60)61)29(48)21-25)37-14-12-35(52-37)43(33-10-8-31(41)50-33)24-5-16-39(54(58)59)28(47)20-24/h1-21,49,52H. The summed E-state index contributed by atoms with van der Waals surface area (Å²) in [5, 5.41) is 35.6. The van der Waals surface area contributed by atoms with Crippen molar-refractivity contribution >= 4 is 110 Å². The lowest BCUT2D eigenvalue weighted by Crippen LogP contribution is -1.92. The first-order chi connectivity index (χ1) is 29.3. The Morgan fingerprint density at radius 2 is 0.721 bits per heavy atom. The van der Waals surface area contributed by atoms with Gasteiger partial charge in [0, 0.05) is 67.5 Å². The Kier molecular flexibility index (Phi) is 9.96. The smallest absolute Gasteiger partial charge is 0.287 e. The number of rotatable bonds is 7. The van der Waals surface area contributed by atoms with Gasteiger partial charge < -0.3 is 9.97 Å². The van der Waals surface area contributed by atoms with E-state index in [2.05, 4.69) is 9.97 Å². The molecule has 4 aromatic carbocycles. The number of hydrogen-bond acceptors (Lipinski definition) is 8. The van der Waals surface area contributed by atoms with Gasteiger partial charge in [0.25, 0.3) is 17.1 Å². The summed E-state index contributed by atoms with van der Waals surface area (Å²) in [6.07, 6.45) is 7.25. The number of benzene rings is 4. The molecule has 0 aliphatic carbocycles. The molecule has 0 fully saturated rings. The van der Waals surface area contributed by atoms with Crippen molar-refractivity contribution in [3.63, 3.8) is 0 Å². The molecule has 13 nitrogen and oxygen atoms in total. The van der Waals surface area contributed by atoms with E-state index >= 15 is 0 Å². The van der Waals surface area contributed by atoms with Gasteiger partial charge in [-0.3, -0.25) is 30.3 Å². The van der Waals surface area contributed by atoms with Crippen LogP contribution in [0.3, 0.4) is 0 Å². The minimum absolute atomic E-state index is 0.0755. The van der Waals surface area contributed by atoms with Crippen LogP contribution in [0, 0.1) is 30.3 Å². The van der Waals surface area contributed by atoms with E-state index in [1.54, 1.807) is 36.4 Å². The van der Waals surface area contributed by atoms with Crippen molar-refractivity contribution in [2.24, 2.45) is 0 Å². The quantitative estimate of drug-likeness (QED) is 0.117. The molecule has 298 valence electrons. The van der Waals surface area contributed by atoms with Crippen molar-refractivity contribution in [1.82, 2.24) is 19.9 Å². The normalized spacial score (nSPS) is 11.9. The summed E-state index contributed by atoms with van der Waals surface area (Å²) in [7, 11) is 0. The molecule has 2 aliphatic rings. The number of hydrogen-bond donors (Lipinski definition) is 2. The highest BCUT2D eigenvalue weighted by atomic mass is 35.5. The van der Waals surface area contributed by atoms with Crippen molar-refractivity contribution in [3.05, 3.63) is 176 Å². The molecule has 0 atom stereocenters. The van der Waals surface area contributed by atoms with Gasteiger partial charge in [-0.25, -0.2) is 9.97 Å². The molecule has 0 saturated heterocycles. The van der Waals surface area contributed by atoms with Crippen molar-refractivity contribution in [2.45, 2.75) is 0 Å². The van der Waals surface area contributed by atoms with Crippen molar-refractivity contribution in [2.75, 3.05) is 0 Å². The molecule has 0 radical (unpaired) electrons. The summed E-state index contributed by atoms with van der Waals surface area (Å²) >= 11 is 26.1. The van der Waals surface area contributed by atoms with Crippen LogP contribution in [0.2, 0.25) is 20.1 Å². The molecule has 0 unspecified atom stereocenters. The molecular formula is C44H23Cl4N7O6. The molecule has 7 aromatic rings. The van der Waals surface area contributed by atoms with E-state index in [-0.39, 0.29) is 32.1 Å². The molecule has 0 saturated carbocycles. The maximum Gasteiger partial charge on any atom is 0.287 e. The molecule has 2 N–H and O–H groups in total. The second kappa shape index (κ2) is 15.5. The van der Waals surface area contributed by atoms with Gasteiger partial charge in [-0.15, -0.1) is 0 Å². The van der Waals surface area contributed by atoms with Gasteiger partial charge in [-0.05, 0) is 119 Å². The number of aromatic nitrogens is 4. The zero-order chi connectivity index (χ0) is 42.7. The second-order valence-electron chi connectivity index (χ2n) is 13.8. The van der Waals surface area contributed by atoms with E-state index in [4.69, 9.17) is 56.4 Å². The van der Waals surface area contributed by atoms with Crippen LogP contribution in [0.25, 0.3) is 90.9 Å². The summed E-state index contributed by atoms with van der Waals surface area (Å²) in [5.41, 5.74) is 8.03. The van der Waals surface area contributed by atoms with Crippen LogP contribution in [-0.2, 0) is 0 Å². The van der Waals surface area contributed by atoms with Gasteiger partial charge >= 0.3 is 0 Å². The van der Waals surface area contributed by atoms with Crippen molar-refractivity contribution < 1.29 is 14.8 Å². The number of aromatic amines is 2. The minimum Gasteiger partial charge on any atom is -0.354 e. The summed E-state index contributed by atoms with van der Waals surface area (Å²) < 4.78 is 0. The zero-order valence-corrected chi connectivity index (χ0v) is 33.8. The SMILES string of the molecule is O=[N+]([O-])c1ccc(-c2c3nc(c(-c4ccc([N+](=O)[O-])c(Cl)c4)c4ccc([nH]4)c(-c4ccc([N+](=O)[O-])c(Cl)c4)c4nc(c(-c5cccc(Cl)c5)c5ccc2[nH]5)C=C4)C=C3)cc1Cl. The Morgan fingerprint density at radius 1 is 0.410 bits per heavy atom. The molecular weight excluding hydrogens is 864 g/mol. The zero-order valence-electron chi connectivity index (χ0n) is 30.8. The van der Waals surface area contributed by atoms with Crippen molar-refractivity contribution in [3.8, 4) is 44.5 Å². The fourth-order valence-electron chi connectivity index (χ4n) is 7.50. The fourth-order valence-corrected chi connectivity index (χ4v) is 8.43. The third-order valence-electron chi connectivity index (χ3n) is 10.2. The van der Waals surface area contributed by atoms with Gasteiger partial charge in [-0.1, -0.05) is 58.5 Å². The number of fused-ring (bicyclic) bond motifs is 8. The number of nitrogens with zero attached hydrogens (tertiary/aromatic N) is 5. The predicted octanol–water partition coefficient (Wildman–Crippen LogP) is 13.7. The Balaban J connectivity index is 1.46. The Morgan fingerprint density at radius 3 is 1.00 bits per heavy atom. The lowest BCUT2D eigenvalue weighted by atomic mass is 10.0. The average molecular weight is 888 g/mol. The van der Waals surface area contributed by atoms with Crippen molar-refractivity contribution in [1.29, 1.82) is 0 Å². The summed E-state index contributed by atoms with van der Waals surface area (Å²) in [4.78, 5) is 51.0. The maximum absolute atomic E-state index is 11.8. The second-order valence-corrected chi connectivity index (χ2v) is 15.4. The lowest BCUT2D eigenvalue weighted by molar-refractivity contribution is -0.384. The van der Waals surface area contributed by atoms with Crippen LogP contribution < -0.4 is 0 Å². The Hall–Kier alpha value is -7.16. The summed E-state index contributed by atoms with van der Waals surface area (Å²) in [5.74, 6) is 0. The molecule has 8 bridgehead atoms.